The number of nitrogens with zero attached hydrogens (tertiary/aromatic N) is 1. The summed E-state index contributed by atoms with van der Waals surface area (Å²) in [7, 11) is 1.73. The molecule has 80 valence electrons. The van der Waals surface area contributed by atoms with Gasteiger partial charge in [-0.25, -0.2) is 4.39 Å². The lowest BCUT2D eigenvalue weighted by Gasteiger charge is -2.28. The van der Waals surface area contributed by atoms with Gasteiger partial charge in [-0.15, -0.1) is 0 Å². The van der Waals surface area contributed by atoms with Gasteiger partial charge in [0.05, 0.1) is 17.5 Å². The fourth-order valence-electron chi connectivity index (χ4n) is 1.68. The summed E-state index contributed by atoms with van der Waals surface area (Å²) in [6.07, 6.45) is 0. The van der Waals surface area contributed by atoms with Crippen LogP contribution in [0.15, 0.2) is 24.3 Å². The van der Waals surface area contributed by atoms with Gasteiger partial charge in [-0.05, 0) is 27.0 Å². The second kappa shape index (κ2) is 4.41. The summed E-state index contributed by atoms with van der Waals surface area (Å²) in [5.41, 5.74) is -0.108. The molecule has 0 saturated heterocycles. The molecule has 0 fully saturated rings. The van der Waals surface area contributed by atoms with Crippen molar-refractivity contribution in [2.75, 3.05) is 7.05 Å². The van der Waals surface area contributed by atoms with Crippen molar-refractivity contribution in [3.05, 3.63) is 35.6 Å². The molecule has 1 atom stereocenters. The molecule has 1 aromatic rings. The van der Waals surface area contributed by atoms with E-state index in [2.05, 4.69) is 11.4 Å². The Balaban J connectivity index is 3.15. The Hall–Kier alpha value is -1.40. The molecule has 1 rings (SSSR count). The van der Waals surface area contributed by atoms with Crippen molar-refractivity contribution in [1.29, 1.82) is 5.26 Å². The zero-order chi connectivity index (χ0) is 11.5. The molecule has 0 aliphatic carbocycles. The van der Waals surface area contributed by atoms with Gasteiger partial charge in [0.25, 0.3) is 0 Å². The quantitative estimate of drug-likeness (QED) is 0.825. The maximum atomic E-state index is 13.5. The molecule has 0 amide bonds. The molecular weight excluding hydrogens is 191 g/mol. The Bertz CT molecular complexity index is 379. The van der Waals surface area contributed by atoms with Crippen LogP contribution in [0, 0.1) is 22.6 Å². The first-order valence-corrected chi connectivity index (χ1v) is 4.86. The Morgan fingerprint density at radius 1 is 1.40 bits per heavy atom. The highest BCUT2D eigenvalue weighted by Crippen LogP contribution is 2.33. The van der Waals surface area contributed by atoms with E-state index in [9.17, 15) is 4.39 Å². The molecule has 0 bridgehead atoms. The minimum absolute atomic E-state index is 0.278. The zero-order valence-electron chi connectivity index (χ0n) is 9.21. The number of hydrogen-bond donors (Lipinski definition) is 1. The van der Waals surface area contributed by atoms with Crippen LogP contribution in [0.5, 0.6) is 0 Å². The Morgan fingerprint density at radius 3 is 2.47 bits per heavy atom. The van der Waals surface area contributed by atoms with Gasteiger partial charge in [0.1, 0.15) is 5.82 Å². The highest BCUT2D eigenvalue weighted by Gasteiger charge is 2.31. The largest absolute Gasteiger partial charge is 0.312 e. The number of benzene rings is 1. The van der Waals surface area contributed by atoms with Crippen molar-refractivity contribution >= 4 is 0 Å². The van der Waals surface area contributed by atoms with E-state index >= 15 is 0 Å². The lowest BCUT2D eigenvalue weighted by Crippen LogP contribution is -2.31. The smallest absolute Gasteiger partial charge is 0.128 e. The monoisotopic (exact) mass is 206 g/mol. The van der Waals surface area contributed by atoms with E-state index in [1.807, 2.05) is 0 Å². The van der Waals surface area contributed by atoms with E-state index in [-0.39, 0.29) is 11.9 Å². The van der Waals surface area contributed by atoms with Crippen molar-refractivity contribution in [1.82, 2.24) is 5.32 Å². The standard InChI is InChI=1S/C12H15FN2/c1-12(2,8-14)11(15-3)9-6-4-5-7-10(9)13/h4-7,11,15H,1-3H3. The normalized spacial score (nSPS) is 13.3. The van der Waals surface area contributed by atoms with Gasteiger partial charge in [-0.3, -0.25) is 0 Å². The topological polar surface area (TPSA) is 35.8 Å². The molecule has 15 heavy (non-hydrogen) atoms. The molecule has 0 aromatic heterocycles. The summed E-state index contributed by atoms with van der Waals surface area (Å²) < 4.78 is 13.5. The van der Waals surface area contributed by atoms with E-state index < -0.39 is 5.41 Å². The van der Waals surface area contributed by atoms with Gasteiger partial charge in [-0.1, -0.05) is 18.2 Å². The van der Waals surface area contributed by atoms with E-state index in [4.69, 9.17) is 5.26 Å². The van der Waals surface area contributed by atoms with Crippen LogP contribution in [-0.4, -0.2) is 7.05 Å². The predicted molar refractivity (Wildman–Crippen MR) is 57.6 cm³/mol. The lowest BCUT2D eigenvalue weighted by atomic mass is 9.82. The third-order valence-electron chi connectivity index (χ3n) is 2.51. The molecule has 3 heteroatoms. The molecular formula is C12H15FN2. The molecule has 0 spiro atoms. The second-order valence-corrected chi connectivity index (χ2v) is 4.08. The van der Waals surface area contributed by atoms with Crippen LogP contribution in [0.2, 0.25) is 0 Å². The summed E-state index contributed by atoms with van der Waals surface area (Å²) in [6, 6.07) is 8.42. The van der Waals surface area contributed by atoms with Gasteiger partial charge in [-0.2, -0.15) is 5.26 Å². The molecule has 1 N–H and O–H groups in total. The van der Waals surface area contributed by atoms with Crippen molar-refractivity contribution in [3.8, 4) is 6.07 Å². The third kappa shape index (κ3) is 2.34. The van der Waals surface area contributed by atoms with Crippen LogP contribution in [0.3, 0.4) is 0 Å². The lowest BCUT2D eigenvalue weighted by molar-refractivity contribution is 0.334. The van der Waals surface area contributed by atoms with E-state index in [1.165, 1.54) is 6.07 Å². The average molecular weight is 206 g/mol. The van der Waals surface area contributed by atoms with Crippen LogP contribution in [0.1, 0.15) is 25.5 Å². The fraction of sp³-hybridized carbons (Fsp3) is 0.417. The molecule has 1 unspecified atom stereocenters. The Labute approximate surface area is 89.7 Å². The molecule has 2 nitrogen and oxygen atoms in total. The average Bonchev–Trinajstić information content (AvgIpc) is 2.21. The minimum atomic E-state index is -0.642. The highest BCUT2D eigenvalue weighted by atomic mass is 19.1. The summed E-state index contributed by atoms with van der Waals surface area (Å²) in [4.78, 5) is 0. The van der Waals surface area contributed by atoms with Gasteiger partial charge in [0.2, 0.25) is 0 Å². The van der Waals surface area contributed by atoms with Crippen LogP contribution < -0.4 is 5.32 Å². The van der Waals surface area contributed by atoms with E-state index in [1.54, 1.807) is 39.1 Å². The minimum Gasteiger partial charge on any atom is -0.312 e. The number of hydrogen-bond acceptors (Lipinski definition) is 2. The van der Waals surface area contributed by atoms with Crippen LogP contribution in [-0.2, 0) is 0 Å². The molecule has 0 heterocycles. The maximum Gasteiger partial charge on any atom is 0.128 e. The van der Waals surface area contributed by atoms with Crippen molar-refractivity contribution < 1.29 is 4.39 Å². The van der Waals surface area contributed by atoms with Gasteiger partial charge >= 0.3 is 0 Å². The van der Waals surface area contributed by atoms with Crippen LogP contribution in [0.4, 0.5) is 4.39 Å². The SMILES string of the molecule is CNC(c1ccccc1F)C(C)(C)C#N. The second-order valence-electron chi connectivity index (χ2n) is 4.08. The van der Waals surface area contributed by atoms with E-state index in [0.717, 1.165) is 0 Å². The van der Waals surface area contributed by atoms with Gasteiger partial charge < -0.3 is 5.32 Å². The van der Waals surface area contributed by atoms with Crippen molar-refractivity contribution in [3.63, 3.8) is 0 Å². The van der Waals surface area contributed by atoms with Crippen LogP contribution in [0.25, 0.3) is 0 Å². The summed E-state index contributed by atoms with van der Waals surface area (Å²) in [5.74, 6) is -0.278. The molecule has 0 aliphatic rings. The number of nitriles is 1. The van der Waals surface area contributed by atoms with Crippen molar-refractivity contribution in [2.24, 2.45) is 5.41 Å². The summed E-state index contributed by atoms with van der Waals surface area (Å²) in [5, 5.41) is 12.0. The first kappa shape index (κ1) is 11.7. The molecule has 0 saturated carbocycles. The highest BCUT2D eigenvalue weighted by molar-refractivity contribution is 5.25. The first-order valence-electron chi connectivity index (χ1n) is 4.86. The van der Waals surface area contributed by atoms with Gasteiger partial charge in [0, 0.05) is 5.56 Å². The predicted octanol–water partition coefficient (Wildman–Crippen LogP) is 2.64. The number of rotatable bonds is 3. The zero-order valence-corrected chi connectivity index (χ0v) is 9.21. The third-order valence-corrected chi connectivity index (χ3v) is 2.51. The summed E-state index contributed by atoms with van der Waals surface area (Å²) >= 11 is 0. The first-order chi connectivity index (χ1) is 7.03. The van der Waals surface area contributed by atoms with Gasteiger partial charge in [0.15, 0.2) is 0 Å². The molecule has 0 radical (unpaired) electrons. The van der Waals surface area contributed by atoms with Crippen LogP contribution >= 0.6 is 0 Å². The maximum absolute atomic E-state index is 13.5. The molecule has 0 aliphatic heterocycles. The Morgan fingerprint density at radius 2 is 2.00 bits per heavy atom. The van der Waals surface area contributed by atoms with Crippen molar-refractivity contribution in [2.45, 2.75) is 19.9 Å². The number of halogens is 1. The molecule has 1 aromatic carbocycles. The summed E-state index contributed by atoms with van der Waals surface area (Å²) in [6.45, 7) is 3.58. The van der Waals surface area contributed by atoms with E-state index in [0.29, 0.717) is 5.56 Å². The Kier molecular flexibility index (Phi) is 3.43. The number of nitrogens with one attached hydrogen (secondary N) is 1. The fourth-order valence-corrected chi connectivity index (χ4v) is 1.68.